The summed E-state index contributed by atoms with van der Waals surface area (Å²) in [6.07, 6.45) is 0. The Kier molecular flexibility index (Phi) is 3.47. The largest absolute Gasteiger partial charge is 0.454 e. The van der Waals surface area contributed by atoms with Crippen molar-refractivity contribution in [3.63, 3.8) is 0 Å². The molecule has 24 heavy (non-hydrogen) atoms. The summed E-state index contributed by atoms with van der Waals surface area (Å²) < 4.78 is 11.0. The Bertz CT molecular complexity index is 1080. The van der Waals surface area contributed by atoms with Crippen LogP contribution in [-0.4, -0.2) is 11.0 Å². The minimum atomic E-state index is -0.355. The second-order valence-corrected chi connectivity index (χ2v) is 5.87. The number of nitrogens with zero attached hydrogens (tertiary/aromatic N) is 1. The van der Waals surface area contributed by atoms with E-state index in [0.717, 1.165) is 22.0 Å². The Labute approximate surface area is 142 Å². The van der Waals surface area contributed by atoms with Crippen molar-refractivity contribution >= 4 is 39.4 Å². The van der Waals surface area contributed by atoms with Gasteiger partial charge in [-0.3, -0.25) is 4.79 Å². The molecular formula is C19H12ClNO3. The molecule has 5 heteroatoms. The standard InChI is InChI=1S/C19H12ClNO3/c1-11(22)23-15-5-7-18-13(8-15)9-19(24-18)16-6-3-12-2-4-14(20)10-17(12)21-16/h2-10H,1H3. The fourth-order valence-corrected chi connectivity index (χ4v) is 2.77. The number of furan rings is 1. The summed E-state index contributed by atoms with van der Waals surface area (Å²) in [5.74, 6) is 0.776. The predicted octanol–water partition coefficient (Wildman–Crippen LogP) is 5.23. The van der Waals surface area contributed by atoms with Crippen LogP contribution in [0.3, 0.4) is 0 Å². The Balaban J connectivity index is 1.79. The van der Waals surface area contributed by atoms with Crippen molar-refractivity contribution < 1.29 is 13.9 Å². The first-order chi connectivity index (χ1) is 11.6. The van der Waals surface area contributed by atoms with E-state index in [1.807, 2.05) is 36.4 Å². The molecule has 4 aromatic rings. The van der Waals surface area contributed by atoms with Crippen molar-refractivity contribution in [2.75, 3.05) is 0 Å². The van der Waals surface area contributed by atoms with Crippen LogP contribution >= 0.6 is 11.6 Å². The molecule has 0 saturated carbocycles. The number of carbonyl (C=O) groups is 1. The second kappa shape index (κ2) is 5.65. The lowest BCUT2D eigenvalue weighted by Crippen LogP contribution is -2.00. The zero-order chi connectivity index (χ0) is 16.7. The van der Waals surface area contributed by atoms with E-state index in [0.29, 0.717) is 22.1 Å². The van der Waals surface area contributed by atoms with Gasteiger partial charge in [-0.2, -0.15) is 0 Å². The van der Waals surface area contributed by atoms with Crippen LogP contribution in [0.4, 0.5) is 0 Å². The maximum Gasteiger partial charge on any atom is 0.308 e. The van der Waals surface area contributed by atoms with Crippen LogP contribution in [0.2, 0.25) is 5.02 Å². The highest BCUT2D eigenvalue weighted by Gasteiger charge is 2.10. The number of carbonyl (C=O) groups excluding carboxylic acids is 1. The van der Waals surface area contributed by atoms with E-state index < -0.39 is 0 Å². The molecule has 0 unspecified atom stereocenters. The van der Waals surface area contributed by atoms with Gasteiger partial charge in [0.25, 0.3) is 0 Å². The monoisotopic (exact) mass is 337 g/mol. The number of fused-ring (bicyclic) bond motifs is 2. The average molecular weight is 338 g/mol. The van der Waals surface area contributed by atoms with Gasteiger partial charge >= 0.3 is 5.97 Å². The van der Waals surface area contributed by atoms with E-state index in [1.54, 1.807) is 18.2 Å². The number of hydrogen-bond donors (Lipinski definition) is 0. The van der Waals surface area contributed by atoms with E-state index in [9.17, 15) is 4.79 Å². The van der Waals surface area contributed by atoms with Gasteiger partial charge in [-0.25, -0.2) is 4.98 Å². The third-order valence-electron chi connectivity index (χ3n) is 3.66. The van der Waals surface area contributed by atoms with Gasteiger partial charge in [0.1, 0.15) is 17.0 Å². The number of rotatable bonds is 2. The summed E-state index contributed by atoms with van der Waals surface area (Å²) in [5.41, 5.74) is 2.23. The van der Waals surface area contributed by atoms with Crippen molar-refractivity contribution in [2.24, 2.45) is 0 Å². The quantitative estimate of drug-likeness (QED) is 0.371. The normalized spacial score (nSPS) is 11.1. The van der Waals surface area contributed by atoms with Crippen LogP contribution in [-0.2, 0) is 4.79 Å². The zero-order valence-electron chi connectivity index (χ0n) is 12.7. The van der Waals surface area contributed by atoms with E-state index in [1.165, 1.54) is 6.92 Å². The molecule has 4 nitrogen and oxygen atoms in total. The lowest BCUT2D eigenvalue weighted by molar-refractivity contribution is -0.131. The molecule has 0 aliphatic carbocycles. The van der Waals surface area contributed by atoms with E-state index in [2.05, 4.69) is 4.98 Å². The minimum absolute atomic E-state index is 0.355. The number of esters is 1. The summed E-state index contributed by atoms with van der Waals surface area (Å²) in [7, 11) is 0. The van der Waals surface area contributed by atoms with Crippen LogP contribution in [0, 0.1) is 0 Å². The maximum atomic E-state index is 11.1. The lowest BCUT2D eigenvalue weighted by Gasteiger charge is -2.00. The number of hydrogen-bond acceptors (Lipinski definition) is 4. The Hall–Kier alpha value is -2.85. The molecule has 0 spiro atoms. The summed E-state index contributed by atoms with van der Waals surface area (Å²) in [5, 5.41) is 2.50. The van der Waals surface area contributed by atoms with Crippen molar-refractivity contribution in [3.8, 4) is 17.2 Å². The van der Waals surface area contributed by atoms with Crippen LogP contribution < -0.4 is 4.74 Å². The molecule has 0 N–H and O–H groups in total. The zero-order valence-corrected chi connectivity index (χ0v) is 13.5. The number of pyridine rings is 1. The van der Waals surface area contributed by atoms with E-state index in [-0.39, 0.29) is 5.97 Å². The molecule has 0 aliphatic rings. The molecule has 118 valence electrons. The molecule has 0 radical (unpaired) electrons. The molecular weight excluding hydrogens is 326 g/mol. The van der Waals surface area contributed by atoms with E-state index in [4.69, 9.17) is 20.8 Å². The SMILES string of the molecule is CC(=O)Oc1ccc2oc(-c3ccc4ccc(Cl)cc4n3)cc2c1. The highest BCUT2D eigenvalue weighted by atomic mass is 35.5. The summed E-state index contributed by atoms with van der Waals surface area (Å²) in [6, 6.07) is 16.6. The predicted molar refractivity (Wildman–Crippen MR) is 93.3 cm³/mol. The van der Waals surface area contributed by atoms with Crippen molar-refractivity contribution in [3.05, 3.63) is 59.6 Å². The highest BCUT2D eigenvalue weighted by molar-refractivity contribution is 6.31. The first-order valence-electron chi connectivity index (χ1n) is 7.37. The molecule has 2 aromatic heterocycles. The molecule has 2 heterocycles. The minimum Gasteiger partial charge on any atom is -0.454 e. The first kappa shape index (κ1) is 14.7. The van der Waals surface area contributed by atoms with Gasteiger partial charge in [-0.1, -0.05) is 23.7 Å². The van der Waals surface area contributed by atoms with Gasteiger partial charge in [-0.05, 0) is 42.5 Å². The first-order valence-corrected chi connectivity index (χ1v) is 7.75. The summed E-state index contributed by atoms with van der Waals surface area (Å²) in [6.45, 7) is 1.37. The molecule has 0 bridgehead atoms. The fourth-order valence-electron chi connectivity index (χ4n) is 2.60. The van der Waals surface area contributed by atoms with Gasteiger partial charge in [0.2, 0.25) is 0 Å². The smallest absolute Gasteiger partial charge is 0.308 e. The third kappa shape index (κ3) is 2.72. The van der Waals surface area contributed by atoms with Crippen LogP contribution in [0.15, 0.2) is 59.0 Å². The molecule has 0 amide bonds. The Morgan fingerprint density at radius 3 is 2.71 bits per heavy atom. The van der Waals surface area contributed by atoms with Gasteiger partial charge < -0.3 is 9.15 Å². The van der Waals surface area contributed by atoms with Crippen molar-refractivity contribution in [1.29, 1.82) is 0 Å². The molecule has 0 aliphatic heterocycles. The molecule has 2 aromatic carbocycles. The Morgan fingerprint density at radius 1 is 1.04 bits per heavy atom. The lowest BCUT2D eigenvalue weighted by atomic mass is 10.2. The van der Waals surface area contributed by atoms with E-state index >= 15 is 0 Å². The fraction of sp³-hybridized carbons (Fsp3) is 0.0526. The summed E-state index contributed by atoms with van der Waals surface area (Å²) >= 11 is 6.04. The van der Waals surface area contributed by atoms with Crippen molar-refractivity contribution in [1.82, 2.24) is 4.98 Å². The van der Waals surface area contributed by atoms with Gasteiger partial charge in [0.05, 0.1) is 5.52 Å². The van der Waals surface area contributed by atoms with Gasteiger partial charge in [-0.15, -0.1) is 0 Å². The Morgan fingerprint density at radius 2 is 1.88 bits per heavy atom. The average Bonchev–Trinajstić information content (AvgIpc) is 2.96. The van der Waals surface area contributed by atoms with Gasteiger partial charge in [0.15, 0.2) is 5.76 Å². The maximum absolute atomic E-state index is 11.1. The topological polar surface area (TPSA) is 52.3 Å². The summed E-state index contributed by atoms with van der Waals surface area (Å²) in [4.78, 5) is 15.7. The van der Waals surface area contributed by atoms with Gasteiger partial charge in [0, 0.05) is 22.7 Å². The van der Waals surface area contributed by atoms with Crippen molar-refractivity contribution in [2.45, 2.75) is 6.92 Å². The number of halogens is 1. The number of aromatic nitrogens is 1. The molecule has 0 fully saturated rings. The number of ether oxygens (including phenoxy) is 1. The van der Waals surface area contributed by atoms with Crippen LogP contribution in [0.25, 0.3) is 33.3 Å². The highest BCUT2D eigenvalue weighted by Crippen LogP contribution is 2.30. The molecule has 4 rings (SSSR count). The number of benzene rings is 2. The third-order valence-corrected chi connectivity index (χ3v) is 3.89. The van der Waals surface area contributed by atoms with Crippen LogP contribution in [0.1, 0.15) is 6.92 Å². The second-order valence-electron chi connectivity index (χ2n) is 5.44. The van der Waals surface area contributed by atoms with Crippen LogP contribution in [0.5, 0.6) is 5.75 Å². The molecule has 0 atom stereocenters. The molecule has 0 saturated heterocycles.